The van der Waals surface area contributed by atoms with Gasteiger partial charge in [0.05, 0.1) is 36.5 Å². The molecule has 27 heavy (non-hydrogen) atoms. The van der Waals surface area contributed by atoms with Gasteiger partial charge in [-0.1, -0.05) is 36.4 Å². The molecule has 2 N–H and O–H groups in total. The molecule has 0 saturated heterocycles. The molecule has 3 rings (SSSR count). The van der Waals surface area contributed by atoms with Gasteiger partial charge >= 0.3 is 5.97 Å². The van der Waals surface area contributed by atoms with Crippen LogP contribution >= 0.6 is 0 Å². The summed E-state index contributed by atoms with van der Waals surface area (Å²) in [4.78, 5) is 28.3. The van der Waals surface area contributed by atoms with Gasteiger partial charge in [-0.15, -0.1) is 0 Å². The summed E-state index contributed by atoms with van der Waals surface area (Å²) < 4.78 is 0. The summed E-state index contributed by atoms with van der Waals surface area (Å²) in [5.41, 5.74) is 2.89. The molecular formula is C20H20N4O3. The topological polar surface area (TPSA) is 94.9 Å². The maximum absolute atomic E-state index is 12.9. The molecule has 1 amide bonds. The third-order valence-corrected chi connectivity index (χ3v) is 4.11. The zero-order chi connectivity index (χ0) is 19.2. The van der Waals surface area contributed by atoms with Crippen molar-refractivity contribution in [2.24, 2.45) is 5.10 Å². The van der Waals surface area contributed by atoms with Crippen molar-refractivity contribution in [3.63, 3.8) is 0 Å². The summed E-state index contributed by atoms with van der Waals surface area (Å²) >= 11 is 0. The smallest absolute Gasteiger partial charge is 0.309 e. The predicted octanol–water partition coefficient (Wildman–Crippen LogP) is 2.32. The third kappa shape index (κ3) is 4.58. The van der Waals surface area contributed by atoms with Crippen LogP contribution < -0.4 is 5.32 Å². The highest BCUT2D eigenvalue weighted by atomic mass is 16.4. The number of nitrogens with one attached hydrogen (secondary N) is 1. The second-order valence-electron chi connectivity index (χ2n) is 6.14. The van der Waals surface area contributed by atoms with Crippen molar-refractivity contribution >= 4 is 17.6 Å². The number of nitrogens with zero attached hydrogens (tertiary/aromatic N) is 3. The predicted molar refractivity (Wildman–Crippen MR) is 100 cm³/mol. The zero-order valence-electron chi connectivity index (χ0n) is 14.9. The van der Waals surface area contributed by atoms with E-state index in [2.05, 4.69) is 15.4 Å². The van der Waals surface area contributed by atoms with Crippen LogP contribution in [0.5, 0.6) is 0 Å². The van der Waals surface area contributed by atoms with Crippen molar-refractivity contribution in [2.45, 2.75) is 26.4 Å². The summed E-state index contributed by atoms with van der Waals surface area (Å²) in [6.45, 7) is 2.47. The number of hydrazone groups is 1. The Hall–Kier alpha value is -3.48. The second kappa shape index (κ2) is 8.27. The number of benzene rings is 1. The van der Waals surface area contributed by atoms with Crippen molar-refractivity contribution in [1.29, 1.82) is 0 Å². The number of aromatic nitrogens is 1. The minimum absolute atomic E-state index is 0.259. The molecular weight excluding hydrogens is 344 g/mol. The largest absolute Gasteiger partial charge is 0.481 e. The number of amides is 1. The summed E-state index contributed by atoms with van der Waals surface area (Å²) in [6.07, 6.45) is 1.38. The van der Waals surface area contributed by atoms with E-state index in [9.17, 15) is 14.7 Å². The molecule has 0 unspecified atom stereocenters. The first kappa shape index (κ1) is 18.3. The van der Waals surface area contributed by atoms with E-state index >= 15 is 0 Å². The molecule has 0 aliphatic carbocycles. The molecule has 0 fully saturated rings. The van der Waals surface area contributed by atoms with Crippen molar-refractivity contribution in [3.8, 4) is 0 Å². The Morgan fingerprint density at radius 3 is 2.56 bits per heavy atom. The van der Waals surface area contributed by atoms with Crippen molar-refractivity contribution in [3.05, 3.63) is 77.3 Å². The quantitative estimate of drug-likeness (QED) is 0.735. The van der Waals surface area contributed by atoms with Gasteiger partial charge in [0, 0.05) is 11.9 Å². The highest BCUT2D eigenvalue weighted by molar-refractivity contribution is 6.28. The van der Waals surface area contributed by atoms with Crippen LogP contribution in [0.15, 0.2) is 71.1 Å². The highest BCUT2D eigenvalue weighted by Crippen LogP contribution is 2.22. The fraction of sp³-hybridized carbons (Fsp3) is 0.200. The summed E-state index contributed by atoms with van der Waals surface area (Å²) in [5.74, 6) is -1.33. The molecule has 2 aromatic rings. The summed E-state index contributed by atoms with van der Waals surface area (Å²) in [7, 11) is 0. The number of carbonyl (C=O) groups excluding carboxylic acids is 1. The number of pyridine rings is 1. The summed E-state index contributed by atoms with van der Waals surface area (Å²) in [5, 5.41) is 17.9. The van der Waals surface area contributed by atoms with Crippen LogP contribution in [-0.2, 0) is 22.7 Å². The van der Waals surface area contributed by atoms with Crippen LogP contribution in [0.1, 0.15) is 24.6 Å². The molecule has 7 heteroatoms. The lowest BCUT2D eigenvalue weighted by atomic mass is 10.1. The molecule has 0 spiro atoms. The Labute approximate surface area is 157 Å². The zero-order valence-corrected chi connectivity index (χ0v) is 14.9. The van der Waals surface area contributed by atoms with E-state index in [1.165, 1.54) is 5.01 Å². The fourth-order valence-electron chi connectivity index (χ4n) is 2.82. The van der Waals surface area contributed by atoms with E-state index in [1.807, 2.05) is 48.5 Å². The fourth-order valence-corrected chi connectivity index (χ4v) is 2.82. The Kier molecular flexibility index (Phi) is 5.61. The van der Waals surface area contributed by atoms with Crippen LogP contribution in [0.4, 0.5) is 0 Å². The van der Waals surface area contributed by atoms with Crippen LogP contribution in [0.25, 0.3) is 0 Å². The lowest BCUT2D eigenvalue weighted by Crippen LogP contribution is -2.25. The molecule has 0 radical (unpaired) electrons. The van der Waals surface area contributed by atoms with Gasteiger partial charge in [0.15, 0.2) is 0 Å². The molecule has 2 heterocycles. The molecule has 1 aliphatic heterocycles. The van der Waals surface area contributed by atoms with Gasteiger partial charge in [-0.3, -0.25) is 14.6 Å². The average molecular weight is 364 g/mol. The number of hydrogen-bond acceptors (Lipinski definition) is 5. The molecule has 1 aromatic heterocycles. The first-order chi connectivity index (χ1) is 13.0. The van der Waals surface area contributed by atoms with Gasteiger partial charge in [-0.25, -0.2) is 5.01 Å². The van der Waals surface area contributed by atoms with Gasteiger partial charge in [0.25, 0.3) is 5.91 Å². The second-order valence-corrected chi connectivity index (χ2v) is 6.14. The first-order valence-corrected chi connectivity index (χ1v) is 8.54. The minimum atomic E-state index is -1.03. The number of carbonyl (C=O) groups is 2. The minimum Gasteiger partial charge on any atom is -0.481 e. The lowest BCUT2D eigenvalue weighted by molar-refractivity contribution is -0.135. The maximum Gasteiger partial charge on any atom is 0.309 e. The average Bonchev–Trinajstić information content (AvgIpc) is 2.96. The van der Waals surface area contributed by atoms with Crippen molar-refractivity contribution < 1.29 is 14.7 Å². The van der Waals surface area contributed by atoms with Crippen molar-refractivity contribution in [2.75, 3.05) is 0 Å². The van der Waals surface area contributed by atoms with Gasteiger partial charge in [-0.2, -0.15) is 5.10 Å². The standard InChI is InChI=1S/C20H20N4O3/c1-14(22-12-16-9-5-6-10-21-16)19-17(11-18(25)26)23-24(20(19)27)13-15-7-3-2-4-8-15/h2-10,22H,11-13H2,1H3,(H,25,26). The molecule has 0 atom stereocenters. The third-order valence-electron chi connectivity index (χ3n) is 4.11. The van der Waals surface area contributed by atoms with Gasteiger partial charge < -0.3 is 10.4 Å². The number of carboxylic acid groups (broad SMARTS) is 1. The lowest BCUT2D eigenvalue weighted by Gasteiger charge is -2.13. The highest BCUT2D eigenvalue weighted by Gasteiger charge is 2.33. The molecule has 138 valence electrons. The Morgan fingerprint density at radius 2 is 1.89 bits per heavy atom. The number of hydrogen-bond donors (Lipinski definition) is 2. The maximum atomic E-state index is 12.9. The van der Waals surface area contributed by atoms with Gasteiger partial charge in [0.2, 0.25) is 0 Å². The monoisotopic (exact) mass is 364 g/mol. The number of carboxylic acids is 1. The van der Waals surface area contributed by atoms with Crippen LogP contribution in [0.3, 0.4) is 0 Å². The molecule has 7 nitrogen and oxygen atoms in total. The SMILES string of the molecule is CC(NCc1ccccn1)=C1C(=O)N(Cc2ccccc2)N=C1CC(=O)O. The van der Waals surface area contributed by atoms with E-state index in [4.69, 9.17) is 0 Å². The van der Waals surface area contributed by atoms with E-state index in [1.54, 1.807) is 13.1 Å². The molecule has 0 bridgehead atoms. The Balaban J connectivity index is 1.82. The van der Waals surface area contributed by atoms with Gasteiger partial charge in [0.1, 0.15) is 0 Å². The number of rotatable bonds is 7. The van der Waals surface area contributed by atoms with E-state index in [-0.39, 0.29) is 18.0 Å². The van der Waals surface area contributed by atoms with Crippen LogP contribution in [-0.4, -0.2) is 32.7 Å². The van der Waals surface area contributed by atoms with Crippen LogP contribution in [0, 0.1) is 0 Å². The van der Waals surface area contributed by atoms with Crippen molar-refractivity contribution in [1.82, 2.24) is 15.3 Å². The van der Waals surface area contributed by atoms with E-state index in [0.717, 1.165) is 11.3 Å². The molecule has 1 aromatic carbocycles. The number of aliphatic carboxylic acids is 1. The van der Waals surface area contributed by atoms with E-state index in [0.29, 0.717) is 24.4 Å². The Bertz CT molecular complexity index is 892. The molecule has 0 saturated carbocycles. The summed E-state index contributed by atoms with van der Waals surface area (Å²) in [6, 6.07) is 15.0. The number of allylic oxidation sites excluding steroid dienone is 1. The van der Waals surface area contributed by atoms with E-state index < -0.39 is 5.97 Å². The normalized spacial score (nSPS) is 15.5. The Morgan fingerprint density at radius 1 is 1.15 bits per heavy atom. The van der Waals surface area contributed by atoms with Gasteiger partial charge in [-0.05, 0) is 24.6 Å². The van der Waals surface area contributed by atoms with Crippen LogP contribution in [0.2, 0.25) is 0 Å². The first-order valence-electron chi connectivity index (χ1n) is 8.54. The molecule has 1 aliphatic rings.